The van der Waals surface area contributed by atoms with Gasteiger partial charge in [0.1, 0.15) is 0 Å². The zero-order valence-corrected chi connectivity index (χ0v) is 11.3. The molecule has 0 heterocycles. The Kier molecular flexibility index (Phi) is 5.30. The maximum absolute atomic E-state index is 3.47. The highest BCUT2D eigenvalue weighted by atomic mass is 14.8. The van der Waals surface area contributed by atoms with Gasteiger partial charge in [0.2, 0.25) is 0 Å². The van der Waals surface area contributed by atoms with E-state index in [2.05, 4.69) is 36.2 Å². The van der Waals surface area contributed by atoms with E-state index in [1.807, 2.05) is 18.2 Å². The molecule has 1 heteroatoms. The summed E-state index contributed by atoms with van der Waals surface area (Å²) < 4.78 is 0. The number of hydrogen-bond donors (Lipinski definition) is 1. The van der Waals surface area contributed by atoms with Crippen LogP contribution >= 0.6 is 0 Å². The van der Waals surface area contributed by atoms with Crippen LogP contribution in [0.3, 0.4) is 0 Å². The second-order valence-electron chi connectivity index (χ2n) is 5.42. The largest absolute Gasteiger partial charge is 0.306 e. The van der Waals surface area contributed by atoms with Crippen LogP contribution in [0.1, 0.15) is 38.2 Å². The molecule has 0 spiro atoms. The van der Waals surface area contributed by atoms with E-state index >= 15 is 0 Å². The molecule has 0 aromatic heterocycles. The summed E-state index contributed by atoms with van der Waals surface area (Å²) in [7, 11) is 0. The molecule has 1 aliphatic carbocycles. The van der Waals surface area contributed by atoms with Crippen molar-refractivity contribution < 1.29 is 0 Å². The Morgan fingerprint density at radius 1 is 1.11 bits per heavy atom. The highest BCUT2D eigenvalue weighted by molar-refractivity contribution is 5.33. The minimum Gasteiger partial charge on any atom is -0.306 e. The first kappa shape index (κ1) is 13.2. The maximum Gasteiger partial charge on any atom is 0.0580 e. The molecular weight excluding hydrogens is 218 g/mol. The van der Waals surface area contributed by atoms with Gasteiger partial charge in [0.15, 0.2) is 0 Å². The summed E-state index contributed by atoms with van der Waals surface area (Å²) in [6, 6.07) is 10.2. The van der Waals surface area contributed by atoms with Gasteiger partial charge in [0.05, 0.1) is 6.54 Å². The monoisotopic (exact) mass is 241 g/mol. The lowest BCUT2D eigenvalue weighted by Gasteiger charge is -2.25. The lowest BCUT2D eigenvalue weighted by atomic mass is 9.83. The van der Waals surface area contributed by atoms with Gasteiger partial charge in [-0.3, -0.25) is 0 Å². The van der Waals surface area contributed by atoms with Crippen LogP contribution in [-0.4, -0.2) is 13.1 Å². The van der Waals surface area contributed by atoms with Crippen LogP contribution in [0.2, 0.25) is 0 Å². The van der Waals surface area contributed by atoms with E-state index in [1.165, 1.54) is 25.7 Å². The number of rotatable bonds is 3. The molecule has 1 nitrogen and oxygen atoms in total. The average molecular weight is 241 g/mol. The summed E-state index contributed by atoms with van der Waals surface area (Å²) in [4.78, 5) is 0. The average Bonchev–Trinajstić information content (AvgIpc) is 2.42. The fraction of sp³-hybridized carbons (Fsp3) is 0.529. The van der Waals surface area contributed by atoms with Gasteiger partial charge in [-0.15, -0.1) is 0 Å². The topological polar surface area (TPSA) is 12.0 Å². The molecule has 96 valence electrons. The predicted octanol–water partition coefficient (Wildman–Crippen LogP) is 3.45. The summed E-state index contributed by atoms with van der Waals surface area (Å²) >= 11 is 0. The molecule has 1 fully saturated rings. The van der Waals surface area contributed by atoms with Crippen molar-refractivity contribution in [2.45, 2.75) is 32.6 Å². The van der Waals surface area contributed by atoms with Crippen molar-refractivity contribution >= 4 is 0 Å². The molecule has 1 saturated carbocycles. The second kappa shape index (κ2) is 7.24. The summed E-state index contributed by atoms with van der Waals surface area (Å²) in [6.45, 7) is 4.31. The lowest BCUT2D eigenvalue weighted by molar-refractivity contribution is 0.284. The third-order valence-electron chi connectivity index (χ3n) is 3.79. The van der Waals surface area contributed by atoms with Crippen molar-refractivity contribution in [1.29, 1.82) is 0 Å². The molecule has 1 aromatic rings. The molecule has 0 bridgehead atoms. The normalized spacial score (nSPS) is 23.2. The van der Waals surface area contributed by atoms with E-state index in [9.17, 15) is 0 Å². The third-order valence-corrected chi connectivity index (χ3v) is 3.79. The van der Waals surface area contributed by atoms with Crippen LogP contribution in [0.5, 0.6) is 0 Å². The van der Waals surface area contributed by atoms with Crippen molar-refractivity contribution in [3.63, 3.8) is 0 Å². The molecular formula is C17H23N. The molecule has 0 amide bonds. The zero-order chi connectivity index (χ0) is 12.6. The van der Waals surface area contributed by atoms with Crippen molar-refractivity contribution in [3.8, 4) is 11.8 Å². The predicted molar refractivity (Wildman–Crippen MR) is 77.3 cm³/mol. The Bertz CT molecular complexity index is 391. The van der Waals surface area contributed by atoms with Gasteiger partial charge in [0, 0.05) is 5.56 Å². The SMILES string of the molecule is CC1CCC(CNCC#Cc2ccccc2)CC1. The molecule has 1 N–H and O–H groups in total. The fourth-order valence-electron chi connectivity index (χ4n) is 2.54. The quantitative estimate of drug-likeness (QED) is 0.631. The van der Waals surface area contributed by atoms with Crippen LogP contribution in [0.15, 0.2) is 30.3 Å². The van der Waals surface area contributed by atoms with Gasteiger partial charge in [-0.1, -0.05) is 49.8 Å². The summed E-state index contributed by atoms with van der Waals surface area (Å²) in [5, 5.41) is 3.47. The van der Waals surface area contributed by atoms with Gasteiger partial charge in [-0.05, 0) is 43.4 Å². The second-order valence-corrected chi connectivity index (χ2v) is 5.42. The molecule has 0 unspecified atom stereocenters. The Labute approximate surface area is 111 Å². The minimum absolute atomic E-state index is 0.806. The van der Waals surface area contributed by atoms with E-state index in [0.29, 0.717) is 0 Å². The highest BCUT2D eigenvalue weighted by Crippen LogP contribution is 2.27. The Hall–Kier alpha value is -1.26. The van der Waals surface area contributed by atoms with Crippen molar-refractivity contribution in [3.05, 3.63) is 35.9 Å². The van der Waals surface area contributed by atoms with E-state index < -0.39 is 0 Å². The van der Waals surface area contributed by atoms with Crippen LogP contribution in [0, 0.1) is 23.7 Å². The lowest BCUT2D eigenvalue weighted by Crippen LogP contribution is -2.26. The van der Waals surface area contributed by atoms with Gasteiger partial charge in [0.25, 0.3) is 0 Å². The molecule has 0 atom stereocenters. The van der Waals surface area contributed by atoms with E-state index in [-0.39, 0.29) is 0 Å². The van der Waals surface area contributed by atoms with Crippen LogP contribution < -0.4 is 5.32 Å². The Balaban J connectivity index is 1.63. The van der Waals surface area contributed by atoms with Crippen molar-refractivity contribution in [2.24, 2.45) is 11.8 Å². The minimum atomic E-state index is 0.806. The molecule has 1 aromatic carbocycles. The number of hydrogen-bond acceptors (Lipinski definition) is 1. The first-order valence-electron chi connectivity index (χ1n) is 7.09. The molecule has 0 saturated heterocycles. The fourth-order valence-corrected chi connectivity index (χ4v) is 2.54. The van der Waals surface area contributed by atoms with E-state index in [1.54, 1.807) is 0 Å². The molecule has 1 aliphatic rings. The van der Waals surface area contributed by atoms with Crippen LogP contribution in [0.25, 0.3) is 0 Å². The number of nitrogens with one attached hydrogen (secondary N) is 1. The molecule has 0 aliphatic heterocycles. The third kappa shape index (κ3) is 4.55. The van der Waals surface area contributed by atoms with Gasteiger partial charge in [-0.2, -0.15) is 0 Å². The van der Waals surface area contributed by atoms with Gasteiger partial charge in [-0.25, -0.2) is 0 Å². The van der Waals surface area contributed by atoms with E-state index in [4.69, 9.17) is 0 Å². The maximum atomic E-state index is 3.47. The van der Waals surface area contributed by atoms with Crippen LogP contribution in [-0.2, 0) is 0 Å². The standard InChI is InChI=1S/C17H23N/c1-15-9-11-17(12-10-15)14-18-13-5-8-16-6-3-2-4-7-16/h2-4,6-7,15,17-18H,9-14H2,1H3. The van der Waals surface area contributed by atoms with Gasteiger partial charge < -0.3 is 5.32 Å². The van der Waals surface area contributed by atoms with Crippen molar-refractivity contribution in [2.75, 3.05) is 13.1 Å². The molecule has 18 heavy (non-hydrogen) atoms. The first-order chi connectivity index (χ1) is 8.84. The number of benzene rings is 1. The summed E-state index contributed by atoms with van der Waals surface area (Å²) in [5.74, 6) is 8.18. The first-order valence-corrected chi connectivity index (χ1v) is 7.09. The van der Waals surface area contributed by atoms with Crippen LogP contribution in [0.4, 0.5) is 0 Å². The highest BCUT2D eigenvalue weighted by Gasteiger charge is 2.17. The Morgan fingerprint density at radius 2 is 1.83 bits per heavy atom. The summed E-state index contributed by atoms with van der Waals surface area (Å²) in [5.41, 5.74) is 1.10. The zero-order valence-electron chi connectivity index (χ0n) is 11.3. The Morgan fingerprint density at radius 3 is 2.56 bits per heavy atom. The van der Waals surface area contributed by atoms with Gasteiger partial charge >= 0.3 is 0 Å². The molecule has 0 radical (unpaired) electrons. The molecule has 2 rings (SSSR count). The van der Waals surface area contributed by atoms with Crippen molar-refractivity contribution in [1.82, 2.24) is 5.32 Å². The smallest absolute Gasteiger partial charge is 0.0580 e. The van der Waals surface area contributed by atoms with E-state index in [0.717, 1.165) is 30.5 Å². The summed E-state index contributed by atoms with van der Waals surface area (Å²) in [6.07, 6.45) is 5.59.